The van der Waals surface area contributed by atoms with Crippen LogP contribution in [0.25, 0.3) is 0 Å². The molecule has 0 bridgehead atoms. The molecule has 2 amide bonds. The first kappa shape index (κ1) is 19.9. The molecule has 0 fully saturated rings. The van der Waals surface area contributed by atoms with Gasteiger partial charge in [0.15, 0.2) is 0 Å². The second kappa shape index (κ2) is 8.42. The van der Waals surface area contributed by atoms with E-state index in [1.807, 2.05) is 0 Å². The molecule has 1 heterocycles. The molecule has 1 aliphatic rings. The van der Waals surface area contributed by atoms with Gasteiger partial charge in [-0.1, -0.05) is 12.1 Å². The zero-order valence-corrected chi connectivity index (χ0v) is 15.8. The molecule has 1 aliphatic heterocycles. The number of rotatable bonds is 5. The Kier molecular flexibility index (Phi) is 5.77. The summed E-state index contributed by atoms with van der Waals surface area (Å²) in [7, 11) is 1.60. The number of nitrogens with one attached hydrogen (secondary N) is 2. The third-order valence-electron chi connectivity index (χ3n) is 4.53. The number of benzene rings is 2. The number of likely N-dealkylation sites (N-methyl/N-ethyl adjacent to an activating group) is 1. The number of carboxylic acids is 1. The maximum atomic E-state index is 12.7. The van der Waals surface area contributed by atoms with Crippen molar-refractivity contribution in [3.63, 3.8) is 0 Å². The normalized spacial score (nSPS) is 16.1. The van der Waals surface area contributed by atoms with Gasteiger partial charge in [0.1, 0.15) is 6.04 Å². The highest BCUT2D eigenvalue weighted by atomic mass is 16.4. The van der Waals surface area contributed by atoms with Crippen LogP contribution in [-0.2, 0) is 16.1 Å². The van der Waals surface area contributed by atoms with Crippen LogP contribution in [0.2, 0.25) is 0 Å². The van der Waals surface area contributed by atoms with Crippen LogP contribution >= 0.6 is 0 Å². The largest absolute Gasteiger partial charge is 0.481 e. The molecule has 2 aromatic carbocycles. The first-order valence-corrected chi connectivity index (χ1v) is 8.88. The number of amides is 2. The fourth-order valence-corrected chi connectivity index (χ4v) is 3.15. The minimum atomic E-state index is -1.06. The van der Waals surface area contributed by atoms with Gasteiger partial charge in [-0.25, -0.2) is 0 Å². The average molecular weight is 395 g/mol. The fraction of sp³-hybridized carbons (Fsp3) is 0.200. The molecule has 5 N–H and O–H groups in total. The maximum absolute atomic E-state index is 12.7. The molecular weight excluding hydrogens is 374 g/mol. The van der Waals surface area contributed by atoms with Crippen LogP contribution in [0.4, 0.5) is 11.4 Å². The summed E-state index contributed by atoms with van der Waals surface area (Å²) in [5.74, 6) is 3.47. The predicted molar refractivity (Wildman–Crippen MR) is 109 cm³/mol. The maximum Gasteiger partial charge on any atom is 0.305 e. The Morgan fingerprint density at radius 2 is 2.14 bits per heavy atom. The van der Waals surface area contributed by atoms with E-state index in [0.29, 0.717) is 16.9 Å². The van der Waals surface area contributed by atoms with E-state index >= 15 is 0 Å². The van der Waals surface area contributed by atoms with Crippen molar-refractivity contribution in [3.8, 4) is 0 Å². The monoisotopic (exact) mass is 395 g/mol. The highest BCUT2D eigenvalue weighted by molar-refractivity contribution is 6.05. The second-order valence-electron chi connectivity index (χ2n) is 6.72. The van der Waals surface area contributed by atoms with Gasteiger partial charge in [0.25, 0.3) is 5.91 Å². The van der Waals surface area contributed by atoms with Crippen LogP contribution in [0, 0.1) is 0 Å². The van der Waals surface area contributed by atoms with E-state index in [4.69, 9.17) is 10.9 Å². The van der Waals surface area contributed by atoms with Gasteiger partial charge in [-0.05, 0) is 41.5 Å². The molecule has 29 heavy (non-hydrogen) atoms. The highest BCUT2D eigenvalue weighted by Crippen LogP contribution is 2.25. The number of fused-ring (bicyclic) bond motifs is 1. The molecule has 0 aliphatic carbocycles. The van der Waals surface area contributed by atoms with Gasteiger partial charge in [0.05, 0.1) is 12.6 Å². The summed E-state index contributed by atoms with van der Waals surface area (Å²) < 4.78 is 0. The molecule has 0 radical (unpaired) electrons. The van der Waals surface area contributed by atoms with Crippen molar-refractivity contribution in [2.75, 3.05) is 17.7 Å². The quantitative estimate of drug-likeness (QED) is 0.344. The van der Waals surface area contributed by atoms with Gasteiger partial charge < -0.3 is 26.5 Å². The minimum Gasteiger partial charge on any atom is -0.481 e. The van der Waals surface area contributed by atoms with Crippen molar-refractivity contribution >= 4 is 35.4 Å². The third kappa shape index (κ3) is 4.70. The van der Waals surface area contributed by atoms with Crippen molar-refractivity contribution in [2.45, 2.75) is 19.0 Å². The van der Waals surface area contributed by atoms with Gasteiger partial charge in [0, 0.05) is 30.5 Å². The summed E-state index contributed by atoms with van der Waals surface area (Å²) in [6.45, 7) is 0.265. The Balaban J connectivity index is 1.82. The van der Waals surface area contributed by atoms with E-state index in [9.17, 15) is 14.4 Å². The number of carbonyl (C=O) groups is 3. The van der Waals surface area contributed by atoms with Crippen LogP contribution in [0.5, 0.6) is 0 Å². The molecule has 150 valence electrons. The number of nitrogens with zero attached hydrogens (tertiary/aromatic N) is 2. The van der Waals surface area contributed by atoms with Crippen LogP contribution in [0.3, 0.4) is 0 Å². The Hall–Kier alpha value is -3.88. The standard InChI is InChI=1S/C20H21N5O4/c1-25-11-14-8-13(5-6-16(14)24-17(20(25)29)9-18(26)27)19(28)23-15-4-2-3-12(7-15)10-22-21/h2-8,10,17,24H,9,11,21H2,1H3,(H,23,28)(H,26,27). The van der Waals surface area contributed by atoms with Crippen molar-refractivity contribution in [2.24, 2.45) is 10.9 Å². The SMILES string of the molecule is CN1Cc2cc(C(=O)Nc3cccc(C=NN)c3)ccc2NC(CC(=O)O)C1=O. The molecule has 1 atom stereocenters. The van der Waals surface area contributed by atoms with Crippen LogP contribution in [0.1, 0.15) is 27.9 Å². The van der Waals surface area contributed by atoms with Crippen molar-refractivity contribution in [1.29, 1.82) is 0 Å². The van der Waals surface area contributed by atoms with E-state index in [-0.39, 0.29) is 24.8 Å². The number of hydrogen-bond donors (Lipinski definition) is 4. The van der Waals surface area contributed by atoms with Gasteiger partial charge in [-0.3, -0.25) is 14.4 Å². The van der Waals surface area contributed by atoms with Gasteiger partial charge in [-0.2, -0.15) is 5.10 Å². The Bertz CT molecular complexity index is 989. The van der Waals surface area contributed by atoms with E-state index in [2.05, 4.69) is 15.7 Å². The lowest BCUT2D eigenvalue weighted by atomic mass is 10.1. The lowest BCUT2D eigenvalue weighted by molar-refractivity contribution is -0.141. The number of aliphatic carboxylic acids is 1. The first-order chi connectivity index (χ1) is 13.9. The van der Waals surface area contributed by atoms with Crippen LogP contribution in [0.15, 0.2) is 47.6 Å². The lowest BCUT2D eigenvalue weighted by Gasteiger charge is -2.19. The van der Waals surface area contributed by atoms with Gasteiger partial charge in [0.2, 0.25) is 5.91 Å². The Labute approximate surface area is 167 Å². The molecule has 9 nitrogen and oxygen atoms in total. The number of hydrogen-bond acceptors (Lipinski definition) is 6. The van der Waals surface area contributed by atoms with E-state index in [0.717, 1.165) is 11.1 Å². The highest BCUT2D eigenvalue weighted by Gasteiger charge is 2.29. The van der Waals surface area contributed by atoms with Gasteiger partial charge in [-0.15, -0.1) is 0 Å². The second-order valence-corrected chi connectivity index (χ2v) is 6.72. The summed E-state index contributed by atoms with van der Waals surface area (Å²) in [4.78, 5) is 37.6. The summed E-state index contributed by atoms with van der Waals surface area (Å²) in [6, 6.07) is 11.2. The zero-order chi connectivity index (χ0) is 21.0. The number of carboxylic acid groups (broad SMARTS) is 1. The molecule has 0 saturated heterocycles. The first-order valence-electron chi connectivity index (χ1n) is 8.88. The lowest BCUT2D eigenvalue weighted by Crippen LogP contribution is -2.39. The summed E-state index contributed by atoms with van der Waals surface area (Å²) >= 11 is 0. The number of hydrazone groups is 1. The van der Waals surface area contributed by atoms with E-state index < -0.39 is 12.0 Å². The van der Waals surface area contributed by atoms with E-state index in [1.54, 1.807) is 49.5 Å². The van der Waals surface area contributed by atoms with Gasteiger partial charge >= 0.3 is 5.97 Å². The molecule has 3 rings (SSSR count). The van der Waals surface area contributed by atoms with E-state index in [1.165, 1.54) is 11.1 Å². The van der Waals surface area contributed by atoms with Crippen molar-refractivity contribution in [3.05, 3.63) is 59.2 Å². The molecule has 9 heteroatoms. The summed E-state index contributed by atoms with van der Waals surface area (Å²) in [5.41, 5.74) is 3.12. The molecule has 0 aromatic heterocycles. The number of anilines is 2. The topological polar surface area (TPSA) is 137 Å². The van der Waals surface area contributed by atoms with Crippen LogP contribution < -0.4 is 16.5 Å². The van der Waals surface area contributed by atoms with Crippen molar-refractivity contribution in [1.82, 2.24) is 4.90 Å². The number of carbonyl (C=O) groups excluding carboxylic acids is 2. The van der Waals surface area contributed by atoms with Crippen LogP contribution in [-0.4, -0.2) is 47.1 Å². The van der Waals surface area contributed by atoms with Crippen molar-refractivity contribution < 1.29 is 19.5 Å². The Morgan fingerprint density at radius 1 is 1.34 bits per heavy atom. The molecule has 0 spiro atoms. The number of nitrogens with two attached hydrogens (primary N) is 1. The molecule has 1 unspecified atom stereocenters. The molecule has 2 aromatic rings. The minimum absolute atomic E-state index is 0.265. The zero-order valence-electron chi connectivity index (χ0n) is 15.8. The summed E-state index contributed by atoms with van der Waals surface area (Å²) in [5, 5.41) is 18.3. The third-order valence-corrected chi connectivity index (χ3v) is 4.53. The smallest absolute Gasteiger partial charge is 0.305 e. The summed E-state index contributed by atoms with van der Waals surface area (Å²) in [6.07, 6.45) is 1.15. The molecule has 0 saturated carbocycles. The fourth-order valence-electron chi connectivity index (χ4n) is 3.15. The predicted octanol–water partition coefficient (Wildman–Crippen LogP) is 1.46. The Morgan fingerprint density at radius 3 is 2.86 bits per heavy atom. The molecular formula is C20H21N5O4. The average Bonchev–Trinajstić information content (AvgIpc) is 2.78.